The lowest BCUT2D eigenvalue weighted by atomic mass is 10.0. The molecule has 43 heavy (non-hydrogen) atoms. The lowest BCUT2D eigenvalue weighted by Crippen LogP contribution is -2.48. The highest BCUT2D eigenvalue weighted by Crippen LogP contribution is 2.28. The topological polar surface area (TPSA) is 133 Å². The number of pyridine rings is 1. The number of aromatic nitrogens is 1. The first-order chi connectivity index (χ1) is 20.5. The molecule has 2 heterocycles. The number of likely N-dealkylation sites (N-methyl/N-ethyl adjacent to an activating group) is 1. The van der Waals surface area contributed by atoms with E-state index in [0.717, 1.165) is 19.3 Å². The highest BCUT2D eigenvalue weighted by atomic mass is 16.5. The van der Waals surface area contributed by atoms with E-state index >= 15 is 0 Å². The van der Waals surface area contributed by atoms with Gasteiger partial charge in [-0.25, -0.2) is 4.79 Å². The van der Waals surface area contributed by atoms with Gasteiger partial charge in [0.25, 0.3) is 11.8 Å². The van der Waals surface area contributed by atoms with Gasteiger partial charge in [-0.3, -0.25) is 14.6 Å². The van der Waals surface area contributed by atoms with Crippen molar-refractivity contribution in [3.63, 3.8) is 0 Å². The Balaban J connectivity index is 1.93. The van der Waals surface area contributed by atoms with Crippen LogP contribution in [0.5, 0.6) is 5.75 Å². The predicted molar refractivity (Wildman–Crippen MR) is 165 cm³/mol. The van der Waals surface area contributed by atoms with E-state index in [0.29, 0.717) is 35.7 Å². The Hall–Kier alpha value is -3.70. The second-order valence-corrected chi connectivity index (χ2v) is 11.7. The number of rotatable bonds is 7. The number of fused-ring (bicyclic) bond motifs is 1. The maximum atomic E-state index is 14.2. The zero-order chi connectivity index (χ0) is 31.5. The Bertz CT molecular complexity index is 1210. The van der Waals surface area contributed by atoms with E-state index < -0.39 is 6.04 Å². The molecule has 236 valence electrons. The van der Waals surface area contributed by atoms with Crippen molar-refractivity contribution < 1.29 is 29.0 Å². The van der Waals surface area contributed by atoms with Gasteiger partial charge >= 0.3 is 6.03 Å². The maximum absolute atomic E-state index is 14.2. The number of ether oxygens (including phenoxy) is 2. The van der Waals surface area contributed by atoms with Gasteiger partial charge in [-0.1, -0.05) is 6.92 Å². The number of anilines is 1. The molecular weight excluding hydrogens is 550 g/mol. The highest BCUT2D eigenvalue weighted by Gasteiger charge is 2.31. The summed E-state index contributed by atoms with van der Waals surface area (Å²) in [6.07, 6.45) is 5.07. The molecule has 1 aliphatic rings. The molecule has 2 aromatic rings. The number of aliphatic hydroxyl groups excluding tert-OH is 1. The van der Waals surface area contributed by atoms with Crippen LogP contribution in [-0.4, -0.2) is 95.4 Å². The molecular formula is C32H47N5O6. The third-order valence-corrected chi connectivity index (χ3v) is 7.46. The Morgan fingerprint density at radius 2 is 1.86 bits per heavy atom. The first-order valence-corrected chi connectivity index (χ1v) is 15.1. The number of urea groups is 1. The first kappa shape index (κ1) is 33.8. The van der Waals surface area contributed by atoms with Crippen molar-refractivity contribution in [3.05, 3.63) is 53.9 Å². The first-order valence-electron chi connectivity index (χ1n) is 15.1. The van der Waals surface area contributed by atoms with Gasteiger partial charge in [-0.05, 0) is 77.3 Å². The quantitative estimate of drug-likeness (QED) is 0.436. The molecule has 0 aliphatic carbocycles. The van der Waals surface area contributed by atoms with Crippen LogP contribution in [0.4, 0.5) is 10.5 Å². The zero-order valence-corrected chi connectivity index (χ0v) is 26.2. The second kappa shape index (κ2) is 16.2. The Kier molecular flexibility index (Phi) is 12.8. The normalized spacial score (nSPS) is 20.8. The van der Waals surface area contributed by atoms with Crippen LogP contribution in [-0.2, 0) is 4.74 Å². The van der Waals surface area contributed by atoms with E-state index in [1.54, 1.807) is 66.5 Å². The monoisotopic (exact) mass is 597 g/mol. The van der Waals surface area contributed by atoms with Crippen LogP contribution < -0.4 is 15.4 Å². The van der Waals surface area contributed by atoms with Gasteiger partial charge in [0.1, 0.15) is 5.75 Å². The van der Waals surface area contributed by atoms with Crippen LogP contribution in [0.3, 0.4) is 0 Å². The van der Waals surface area contributed by atoms with E-state index in [1.807, 2.05) is 27.7 Å². The largest absolute Gasteiger partial charge is 0.490 e. The molecule has 4 amide bonds. The van der Waals surface area contributed by atoms with Gasteiger partial charge in [-0.2, -0.15) is 0 Å². The number of benzene rings is 1. The minimum atomic E-state index is -0.509. The third kappa shape index (κ3) is 9.93. The molecule has 11 heteroatoms. The van der Waals surface area contributed by atoms with Crippen LogP contribution in [0.2, 0.25) is 0 Å². The fourth-order valence-corrected chi connectivity index (χ4v) is 4.96. The van der Waals surface area contributed by atoms with Crippen LogP contribution in [0.1, 0.15) is 74.6 Å². The van der Waals surface area contributed by atoms with Crippen LogP contribution in [0, 0.1) is 5.92 Å². The number of aliphatic hydroxyl groups is 1. The number of hydrogen-bond acceptors (Lipinski definition) is 7. The van der Waals surface area contributed by atoms with Gasteiger partial charge < -0.3 is 35.0 Å². The van der Waals surface area contributed by atoms with Crippen molar-refractivity contribution >= 4 is 23.5 Å². The van der Waals surface area contributed by atoms with Crippen LogP contribution in [0.15, 0.2) is 42.7 Å². The van der Waals surface area contributed by atoms with Crippen molar-refractivity contribution in [2.45, 2.75) is 78.2 Å². The molecule has 0 saturated heterocycles. The lowest BCUT2D eigenvalue weighted by molar-refractivity contribution is -0.0149. The average Bonchev–Trinajstić information content (AvgIpc) is 2.98. The molecule has 0 unspecified atom stereocenters. The van der Waals surface area contributed by atoms with Crippen molar-refractivity contribution in [1.29, 1.82) is 0 Å². The van der Waals surface area contributed by atoms with Crippen LogP contribution >= 0.6 is 0 Å². The lowest BCUT2D eigenvalue weighted by Gasteiger charge is -2.36. The minimum absolute atomic E-state index is 0.0558. The number of hydrogen-bond donors (Lipinski definition) is 3. The summed E-state index contributed by atoms with van der Waals surface area (Å²) >= 11 is 0. The fraction of sp³-hybridized carbons (Fsp3) is 0.562. The van der Waals surface area contributed by atoms with Gasteiger partial charge in [0, 0.05) is 62.3 Å². The summed E-state index contributed by atoms with van der Waals surface area (Å²) in [7, 11) is 1.74. The molecule has 1 aromatic carbocycles. The fourth-order valence-electron chi connectivity index (χ4n) is 4.96. The highest BCUT2D eigenvalue weighted by molar-refractivity contribution is 5.99. The number of nitrogens with one attached hydrogen (secondary N) is 2. The van der Waals surface area contributed by atoms with E-state index in [4.69, 9.17) is 9.47 Å². The SMILES string of the molecule is CC(C)NC(=O)Nc1ccc2c(c1)C(=O)N([C@@H](C)CO)C[C@@H](C)[C@@H](CN(C)C(=O)c1ccncc1)OCCCC[C@H](C)O2. The van der Waals surface area contributed by atoms with Gasteiger partial charge in [-0.15, -0.1) is 0 Å². The molecule has 1 aliphatic heterocycles. The Labute approximate surface area is 254 Å². The molecule has 0 saturated carbocycles. The number of carbonyl (C=O) groups excluding carboxylic acids is 3. The Morgan fingerprint density at radius 3 is 2.53 bits per heavy atom. The van der Waals surface area contributed by atoms with Crippen molar-refractivity contribution in [2.75, 3.05) is 38.7 Å². The smallest absolute Gasteiger partial charge is 0.319 e. The summed E-state index contributed by atoms with van der Waals surface area (Å²) in [5, 5.41) is 15.7. The molecule has 3 N–H and O–H groups in total. The number of carbonyl (C=O) groups is 3. The van der Waals surface area contributed by atoms with E-state index in [1.165, 1.54) is 0 Å². The third-order valence-electron chi connectivity index (χ3n) is 7.46. The van der Waals surface area contributed by atoms with Crippen molar-refractivity contribution in [1.82, 2.24) is 20.1 Å². The van der Waals surface area contributed by atoms with Gasteiger partial charge in [0.15, 0.2) is 0 Å². The summed E-state index contributed by atoms with van der Waals surface area (Å²) in [4.78, 5) is 46.9. The van der Waals surface area contributed by atoms with Crippen LogP contribution in [0.25, 0.3) is 0 Å². The molecule has 0 radical (unpaired) electrons. The maximum Gasteiger partial charge on any atom is 0.319 e. The molecule has 3 rings (SSSR count). The Morgan fingerprint density at radius 1 is 1.14 bits per heavy atom. The summed E-state index contributed by atoms with van der Waals surface area (Å²) in [5.74, 6) is -0.242. The number of nitrogens with zero attached hydrogens (tertiary/aromatic N) is 3. The predicted octanol–water partition coefficient (Wildman–Crippen LogP) is 4.18. The van der Waals surface area contributed by atoms with Gasteiger partial charge in [0.05, 0.1) is 30.4 Å². The van der Waals surface area contributed by atoms with E-state index in [9.17, 15) is 19.5 Å². The van der Waals surface area contributed by atoms with E-state index in [2.05, 4.69) is 15.6 Å². The van der Waals surface area contributed by atoms with Crippen molar-refractivity contribution in [3.8, 4) is 5.75 Å². The second-order valence-electron chi connectivity index (χ2n) is 11.7. The van der Waals surface area contributed by atoms with Gasteiger partial charge in [0.2, 0.25) is 0 Å². The zero-order valence-electron chi connectivity index (χ0n) is 26.2. The summed E-state index contributed by atoms with van der Waals surface area (Å²) in [5.41, 5.74) is 1.28. The molecule has 1 aromatic heterocycles. The average molecular weight is 598 g/mol. The van der Waals surface area contributed by atoms with E-state index in [-0.39, 0.29) is 55.2 Å². The molecule has 11 nitrogen and oxygen atoms in total. The minimum Gasteiger partial charge on any atom is -0.490 e. The standard InChI is InChI=1S/C32H47N5O6/c1-21(2)34-32(41)35-26-10-11-28-27(17-26)31(40)37(23(4)20-38)18-22(3)29(42-16-8-7-9-24(5)43-28)19-36(6)30(39)25-12-14-33-15-13-25/h10-15,17,21-24,29,38H,7-9,16,18-20H2,1-6H3,(H2,34,35,41)/t22-,23+,24+,29-/m1/s1. The summed E-state index contributed by atoms with van der Waals surface area (Å²) in [6, 6.07) is 7.45. The molecule has 0 fully saturated rings. The summed E-state index contributed by atoms with van der Waals surface area (Å²) < 4.78 is 12.6. The molecule has 0 spiro atoms. The molecule has 4 atom stereocenters. The van der Waals surface area contributed by atoms with Crippen molar-refractivity contribution in [2.24, 2.45) is 5.92 Å². The number of amides is 4. The molecule has 0 bridgehead atoms. The summed E-state index contributed by atoms with van der Waals surface area (Å²) in [6.45, 7) is 10.3.